The minimum absolute atomic E-state index is 0.0550. The molecule has 1 aromatic carbocycles. The Morgan fingerprint density at radius 1 is 1.29 bits per heavy atom. The van der Waals surface area contributed by atoms with Gasteiger partial charge in [-0.1, -0.05) is 30.3 Å². The molecule has 110 valence electrons. The molecule has 1 heterocycles. The fourth-order valence-electron chi connectivity index (χ4n) is 2.47. The van der Waals surface area contributed by atoms with Gasteiger partial charge in [-0.3, -0.25) is 4.79 Å². The summed E-state index contributed by atoms with van der Waals surface area (Å²) < 4.78 is 0. The highest BCUT2D eigenvalue weighted by molar-refractivity contribution is 5.40. The minimum atomic E-state index is -0.0550. The van der Waals surface area contributed by atoms with Gasteiger partial charge in [0, 0.05) is 24.6 Å². The number of aromatic nitrogens is 2. The fraction of sp³-hybridized carbons (Fsp3) is 0.412. The molecule has 0 spiro atoms. The Bertz CT molecular complexity index is 659. The van der Waals surface area contributed by atoms with E-state index < -0.39 is 0 Å². The molecule has 4 heteroatoms. The molecule has 1 aliphatic carbocycles. The van der Waals surface area contributed by atoms with Crippen LogP contribution in [0.1, 0.15) is 44.0 Å². The number of nitrogens with one attached hydrogen (secondary N) is 1. The van der Waals surface area contributed by atoms with Crippen LogP contribution in [0, 0.1) is 0 Å². The largest absolute Gasteiger partial charge is 0.350 e. The van der Waals surface area contributed by atoms with Gasteiger partial charge in [-0.05, 0) is 32.3 Å². The Labute approximate surface area is 124 Å². The molecule has 0 atom stereocenters. The summed E-state index contributed by atoms with van der Waals surface area (Å²) in [5, 5.41) is 0. The molecular weight excluding hydrogens is 262 g/mol. The predicted molar refractivity (Wildman–Crippen MR) is 84.6 cm³/mol. The van der Waals surface area contributed by atoms with E-state index in [1.807, 2.05) is 18.2 Å². The molecule has 1 saturated carbocycles. The van der Waals surface area contributed by atoms with Crippen molar-refractivity contribution in [2.24, 2.45) is 0 Å². The van der Waals surface area contributed by atoms with E-state index in [4.69, 9.17) is 0 Å². The van der Waals surface area contributed by atoms with Gasteiger partial charge in [0.25, 0.3) is 5.56 Å². The summed E-state index contributed by atoms with van der Waals surface area (Å²) in [6, 6.07) is 12.2. The third kappa shape index (κ3) is 3.32. The van der Waals surface area contributed by atoms with E-state index >= 15 is 0 Å². The lowest BCUT2D eigenvalue weighted by atomic mass is 10.2. The number of nitrogens with zero attached hydrogens (tertiary/aromatic N) is 2. The second kappa shape index (κ2) is 5.72. The lowest BCUT2D eigenvalue weighted by Crippen LogP contribution is -2.32. The Balaban J connectivity index is 1.92. The molecule has 1 N–H and O–H groups in total. The van der Waals surface area contributed by atoms with Crippen LogP contribution in [0.5, 0.6) is 0 Å². The van der Waals surface area contributed by atoms with Crippen LogP contribution in [-0.2, 0) is 6.54 Å². The molecule has 0 bridgehead atoms. The monoisotopic (exact) mass is 283 g/mol. The quantitative estimate of drug-likeness (QED) is 0.917. The first-order valence-corrected chi connectivity index (χ1v) is 7.55. The molecule has 21 heavy (non-hydrogen) atoms. The zero-order chi connectivity index (χ0) is 14.8. The van der Waals surface area contributed by atoms with Crippen LogP contribution in [0.4, 0.5) is 5.82 Å². The standard InChI is InChI=1S/C17H21N3O/c1-12(2)20(11-13-6-4-3-5-7-13)15-10-16(21)19-17(18-15)14-8-9-14/h3-7,10,12,14H,8-9,11H2,1-2H3,(H,18,19,21). The van der Waals surface area contributed by atoms with Gasteiger partial charge < -0.3 is 9.88 Å². The summed E-state index contributed by atoms with van der Waals surface area (Å²) >= 11 is 0. The first kappa shape index (κ1) is 13.9. The van der Waals surface area contributed by atoms with Crippen molar-refractivity contribution in [2.45, 2.75) is 45.2 Å². The first-order valence-electron chi connectivity index (χ1n) is 7.55. The van der Waals surface area contributed by atoms with Gasteiger partial charge in [0.05, 0.1) is 0 Å². The number of aromatic amines is 1. The van der Waals surface area contributed by atoms with E-state index in [0.717, 1.165) is 31.0 Å². The number of H-pyrrole nitrogens is 1. The molecule has 1 aliphatic rings. The maximum absolute atomic E-state index is 11.9. The van der Waals surface area contributed by atoms with Crippen molar-refractivity contribution in [3.8, 4) is 0 Å². The van der Waals surface area contributed by atoms with E-state index in [9.17, 15) is 4.79 Å². The van der Waals surface area contributed by atoms with Crippen molar-refractivity contribution >= 4 is 5.82 Å². The topological polar surface area (TPSA) is 49.0 Å². The molecule has 2 aromatic rings. The van der Waals surface area contributed by atoms with Gasteiger partial charge in [-0.2, -0.15) is 0 Å². The molecule has 1 fully saturated rings. The molecule has 0 saturated heterocycles. The number of benzene rings is 1. The smallest absolute Gasteiger partial charge is 0.252 e. The highest BCUT2D eigenvalue weighted by Gasteiger charge is 2.27. The lowest BCUT2D eigenvalue weighted by molar-refractivity contribution is 0.666. The first-order chi connectivity index (χ1) is 10.1. The van der Waals surface area contributed by atoms with Crippen molar-refractivity contribution in [2.75, 3.05) is 4.90 Å². The van der Waals surface area contributed by atoms with Gasteiger partial charge in [-0.15, -0.1) is 0 Å². The van der Waals surface area contributed by atoms with E-state index in [0.29, 0.717) is 5.92 Å². The van der Waals surface area contributed by atoms with Crippen LogP contribution in [-0.4, -0.2) is 16.0 Å². The summed E-state index contributed by atoms with van der Waals surface area (Å²) in [5.74, 6) is 2.07. The van der Waals surface area contributed by atoms with Crippen molar-refractivity contribution in [1.82, 2.24) is 9.97 Å². The normalized spacial score (nSPS) is 14.4. The zero-order valence-corrected chi connectivity index (χ0v) is 12.5. The van der Waals surface area contributed by atoms with Crippen molar-refractivity contribution in [1.29, 1.82) is 0 Å². The zero-order valence-electron chi connectivity index (χ0n) is 12.5. The van der Waals surface area contributed by atoms with E-state index in [2.05, 4.69) is 40.8 Å². The van der Waals surface area contributed by atoms with Crippen LogP contribution in [0.3, 0.4) is 0 Å². The Hall–Kier alpha value is -2.10. The van der Waals surface area contributed by atoms with Crippen LogP contribution >= 0.6 is 0 Å². The molecule has 0 radical (unpaired) electrons. The average Bonchev–Trinajstić information content (AvgIpc) is 3.29. The molecule has 3 rings (SSSR count). The minimum Gasteiger partial charge on any atom is -0.350 e. The van der Waals surface area contributed by atoms with Crippen LogP contribution in [0.2, 0.25) is 0 Å². The number of rotatable bonds is 5. The summed E-state index contributed by atoms with van der Waals surface area (Å²) in [5.41, 5.74) is 1.17. The molecule has 1 aromatic heterocycles. The third-order valence-corrected chi connectivity index (χ3v) is 3.82. The molecule has 0 aliphatic heterocycles. The number of hydrogen-bond acceptors (Lipinski definition) is 3. The van der Waals surface area contributed by atoms with Gasteiger partial charge in [0.2, 0.25) is 0 Å². The molecule has 0 unspecified atom stereocenters. The number of hydrogen-bond donors (Lipinski definition) is 1. The SMILES string of the molecule is CC(C)N(Cc1ccccc1)c1cc(=O)[nH]c(C2CC2)n1. The maximum Gasteiger partial charge on any atom is 0.252 e. The molecular formula is C17H21N3O. The van der Waals surface area contributed by atoms with E-state index in [-0.39, 0.29) is 11.6 Å². The summed E-state index contributed by atoms with van der Waals surface area (Å²) in [6.45, 7) is 5.02. The van der Waals surface area contributed by atoms with Gasteiger partial charge in [0.1, 0.15) is 11.6 Å². The predicted octanol–water partition coefficient (Wildman–Crippen LogP) is 3.06. The Morgan fingerprint density at radius 2 is 2.00 bits per heavy atom. The van der Waals surface area contributed by atoms with Crippen molar-refractivity contribution < 1.29 is 0 Å². The molecule has 4 nitrogen and oxygen atoms in total. The lowest BCUT2D eigenvalue weighted by Gasteiger charge is -2.28. The highest BCUT2D eigenvalue weighted by Crippen LogP contribution is 2.38. The average molecular weight is 283 g/mol. The van der Waals surface area contributed by atoms with Crippen LogP contribution in [0.25, 0.3) is 0 Å². The summed E-state index contributed by atoms with van der Waals surface area (Å²) in [6.07, 6.45) is 2.26. The van der Waals surface area contributed by atoms with E-state index in [1.54, 1.807) is 6.07 Å². The summed E-state index contributed by atoms with van der Waals surface area (Å²) in [4.78, 5) is 21.6. The highest BCUT2D eigenvalue weighted by atomic mass is 16.1. The second-order valence-corrected chi connectivity index (χ2v) is 5.97. The third-order valence-electron chi connectivity index (χ3n) is 3.82. The van der Waals surface area contributed by atoms with Crippen molar-refractivity contribution in [3.63, 3.8) is 0 Å². The number of anilines is 1. The molecule has 0 amide bonds. The van der Waals surface area contributed by atoms with E-state index in [1.165, 1.54) is 5.56 Å². The van der Waals surface area contributed by atoms with Crippen molar-refractivity contribution in [3.05, 3.63) is 58.1 Å². The van der Waals surface area contributed by atoms with Gasteiger partial charge >= 0.3 is 0 Å². The van der Waals surface area contributed by atoms with Crippen LogP contribution in [0.15, 0.2) is 41.2 Å². The Kier molecular flexibility index (Phi) is 3.78. The van der Waals surface area contributed by atoms with Gasteiger partial charge in [0.15, 0.2) is 0 Å². The van der Waals surface area contributed by atoms with Gasteiger partial charge in [-0.25, -0.2) is 4.98 Å². The maximum atomic E-state index is 11.9. The Morgan fingerprint density at radius 3 is 2.62 bits per heavy atom. The summed E-state index contributed by atoms with van der Waals surface area (Å²) in [7, 11) is 0. The van der Waals surface area contributed by atoms with Crippen LogP contribution < -0.4 is 10.5 Å². The second-order valence-electron chi connectivity index (χ2n) is 5.97. The fourth-order valence-corrected chi connectivity index (χ4v) is 2.47.